The van der Waals surface area contributed by atoms with Gasteiger partial charge in [-0.15, -0.1) is 0 Å². The van der Waals surface area contributed by atoms with Crippen molar-refractivity contribution in [1.29, 1.82) is 0 Å². The van der Waals surface area contributed by atoms with Gasteiger partial charge in [-0.3, -0.25) is 5.84 Å². The zero-order valence-corrected chi connectivity index (χ0v) is 10.8. The van der Waals surface area contributed by atoms with Crippen molar-refractivity contribution in [2.45, 2.75) is 12.5 Å². The molecule has 20 heavy (non-hydrogen) atoms. The van der Waals surface area contributed by atoms with Gasteiger partial charge in [0.1, 0.15) is 17.2 Å². The summed E-state index contributed by atoms with van der Waals surface area (Å²) in [4.78, 5) is 0. The van der Waals surface area contributed by atoms with Crippen molar-refractivity contribution in [2.24, 2.45) is 5.84 Å². The summed E-state index contributed by atoms with van der Waals surface area (Å²) in [5.41, 5.74) is 4.57. The van der Waals surface area contributed by atoms with Crippen LogP contribution in [0.2, 0.25) is 0 Å². The Morgan fingerprint density at radius 3 is 2.65 bits per heavy atom. The minimum atomic E-state index is -0.273. The number of rotatable bonds is 4. The molecule has 1 unspecified atom stereocenters. The van der Waals surface area contributed by atoms with Crippen LogP contribution in [0.1, 0.15) is 17.4 Å². The van der Waals surface area contributed by atoms with Crippen LogP contribution in [0.4, 0.5) is 4.39 Å². The van der Waals surface area contributed by atoms with E-state index in [1.807, 2.05) is 36.4 Å². The quantitative estimate of drug-likeness (QED) is 0.565. The highest BCUT2D eigenvalue weighted by Crippen LogP contribution is 2.26. The largest absolute Gasteiger partial charge is 0.459 e. The Kier molecular flexibility index (Phi) is 3.50. The number of fused-ring (bicyclic) bond motifs is 1. The van der Waals surface area contributed by atoms with Gasteiger partial charge in [0.15, 0.2) is 0 Å². The average Bonchev–Trinajstić information content (AvgIpc) is 2.88. The molecule has 102 valence electrons. The number of hydrogen-bond donors (Lipinski definition) is 2. The lowest BCUT2D eigenvalue weighted by Gasteiger charge is -2.13. The monoisotopic (exact) mass is 270 g/mol. The summed E-state index contributed by atoms with van der Waals surface area (Å²) in [7, 11) is 0. The van der Waals surface area contributed by atoms with Gasteiger partial charge in [0.25, 0.3) is 0 Å². The van der Waals surface area contributed by atoms with Crippen LogP contribution >= 0.6 is 0 Å². The van der Waals surface area contributed by atoms with Crippen molar-refractivity contribution < 1.29 is 8.81 Å². The molecule has 0 saturated carbocycles. The van der Waals surface area contributed by atoms with Crippen LogP contribution in [-0.4, -0.2) is 0 Å². The normalized spacial score (nSPS) is 12.7. The van der Waals surface area contributed by atoms with Crippen LogP contribution < -0.4 is 11.3 Å². The first-order valence-electron chi connectivity index (χ1n) is 6.45. The maximum absolute atomic E-state index is 13.2. The third-order valence-electron chi connectivity index (χ3n) is 3.32. The predicted molar refractivity (Wildman–Crippen MR) is 76.4 cm³/mol. The van der Waals surface area contributed by atoms with E-state index in [0.717, 1.165) is 10.9 Å². The first-order valence-corrected chi connectivity index (χ1v) is 6.45. The number of furan rings is 1. The topological polar surface area (TPSA) is 51.2 Å². The molecule has 3 rings (SSSR count). The minimum absolute atomic E-state index is 0.145. The predicted octanol–water partition coefficient (Wildman–Crippen LogP) is 3.32. The Hall–Kier alpha value is -2.17. The van der Waals surface area contributed by atoms with Gasteiger partial charge in [-0.05, 0) is 36.2 Å². The second kappa shape index (κ2) is 5.45. The lowest BCUT2D eigenvalue weighted by atomic mass is 10.0. The van der Waals surface area contributed by atoms with E-state index in [9.17, 15) is 4.39 Å². The van der Waals surface area contributed by atoms with Gasteiger partial charge in [0, 0.05) is 5.39 Å². The van der Waals surface area contributed by atoms with Crippen molar-refractivity contribution in [3.05, 3.63) is 71.7 Å². The molecular weight excluding hydrogens is 255 g/mol. The SMILES string of the molecule is NNC(Cc1ccccc1)c1cc2cc(F)ccc2o1. The van der Waals surface area contributed by atoms with Crippen molar-refractivity contribution in [3.8, 4) is 0 Å². The zero-order chi connectivity index (χ0) is 13.9. The molecule has 0 bridgehead atoms. The minimum Gasteiger partial charge on any atom is -0.459 e. The average molecular weight is 270 g/mol. The van der Waals surface area contributed by atoms with Crippen LogP contribution in [0.3, 0.4) is 0 Å². The van der Waals surface area contributed by atoms with E-state index in [0.29, 0.717) is 17.8 Å². The second-order valence-electron chi connectivity index (χ2n) is 4.74. The van der Waals surface area contributed by atoms with E-state index in [4.69, 9.17) is 10.3 Å². The van der Waals surface area contributed by atoms with E-state index in [-0.39, 0.29) is 11.9 Å². The van der Waals surface area contributed by atoms with Gasteiger partial charge in [0.2, 0.25) is 0 Å². The molecule has 0 aliphatic rings. The van der Waals surface area contributed by atoms with Crippen molar-refractivity contribution in [3.63, 3.8) is 0 Å². The van der Waals surface area contributed by atoms with E-state index in [2.05, 4.69) is 5.43 Å². The molecule has 0 aliphatic carbocycles. The maximum Gasteiger partial charge on any atom is 0.134 e. The van der Waals surface area contributed by atoms with Crippen molar-refractivity contribution in [2.75, 3.05) is 0 Å². The van der Waals surface area contributed by atoms with Crippen LogP contribution in [0.5, 0.6) is 0 Å². The highest BCUT2D eigenvalue weighted by atomic mass is 19.1. The number of hydrazine groups is 1. The summed E-state index contributed by atoms with van der Waals surface area (Å²) in [6.45, 7) is 0. The van der Waals surface area contributed by atoms with Gasteiger partial charge >= 0.3 is 0 Å². The molecule has 1 heterocycles. The van der Waals surface area contributed by atoms with E-state index in [1.165, 1.54) is 12.1 Å². The number of hydrogen-bond acceptors (Lipinski definition) is 3. The van der Waals surface area contributed by atoms with Gasteiger partial charge in [-0.1, -0.05) is 30.3 Å². The molecule has 0 amide bonds. The van der Waals surface area contributed by atoms with Crippen molar-refractivity contribution >= 4 is 11.0 Å². The third kappa shape index (κ3) is 2.57. The molecule has 3 nitrogen and oxygen atoms in total. The van der Waals surface area contributed by atoms with Crippen LogP contribution in [0, 0.1) is 5.82 Å². The molecule has 2 aromatic carbocycles. The molecule has 0 radical (unpaired) electrons. The lowest BCUT2D eigenvalue weighted by molar-refractivity contribution is 0.434. The molecule has 0 saturated heterocycles. The summed E-state index contributed by atoms with van der Waals surface area (Å²) < 4.78 is 18.9. The van der Waals surface area contributed by atoms with E-state index in [1.54, 1.807) is 6.07 Å². The Bertz CT molecular complexity index is 709. The number of nitrogens with one attached hydrogen (secondary N) is 1. The second-order valence-corrected chi connectivity index (χ2v) is 4.74. The van der Waals surface area contributed by atoms with Crippen molar-refractivity contribution in [1.82, 2.24) is 5.43 Å². The fourth-order valence-corrected chi connectivity index (χ4v) is 2.30. The Balaban J connectivity index is 1.91. The molecule has 1 aromatic heterocycles. The first kappa shape index (κ1) is 12.8. The molecule has 0 fully saturated rings. The fraction of sp³-hybridized carbons (Fsp3) is 0.125. The summed E-state index contributed by atoms with van der Waals surface area (Å²) in [6.07, 6.45) is 0.708. The van der Waals surface area contributed by atoms with Gasteiger partial charge in [-0.25, -0.2) is 9.82 Å². The molecule has 0 spiro atoms. The number of benzene rings is 2. The Morgan fingerprint density at radius 2 is 1.90 bits per heavy atom. The number of halogens is 1. The summed E-state index contributed by atoms with van der Waals surface area (Å²) >= 11 is 0. The van der Waals surface area contributed by atoms with Crippen LogP contribution in [-0.2, 0) is 6.42 Å². The molecule has 1 atom stereocenters. The third-order valence-corrected chi connectivity index (χ3v) is 3.32. The Morgan fingerprint density at radius 1 is 1.10 bits per heavy atom. The Labute approximate surface area is 116 Å². The maximum atomic E-state index is 13.2. The number of nitrogens with two attached hydrogens (primary N) is 1. The van der Waals surface area contributed by atoms with Gasteiger partial charge in [0.05, 0.1) is 6.04 Å². The van der Waals surface area contributed by atoms with E-state index >= 15 is 0 Å². The molecule has 3 aromatic rings. The summed E-state index contributed by atoms with van der Waals surface area (Å²) in [5, 5.41) is 0.744. The summed E-state index contributed by atoms with van der Waals surface area (Å²) in [6, 6.07) is 16.2. The smallest absolute Gasteiger partial charge is 0.134 e. The first-order chi connectivity index (χ1) is 9.76. The van der Waals surface area contributed by atoms with E-state index < -0.39 is 0 Å². The molecular formula is C16H15FN2O. The zero-order valence-electron chi connectivity index (χ0n) is 10.8. The molecule has 0 aliphatic heterocycles. The highest BCUT2D eigenvalue weighted by Gasteiger charge is 2.15. The van der Waals surface area contributed by atoms with Crippen LogP contribution in [0.25, 0.3) is 11.0 Å². The molecule has 4 heteroatoms. The highest BCUT2D eigenvalue weighted by molar-refractivity contribution is 5.78. The fourth-order valence-electron chi connectivity index (χ4n) is 2.30. The van der Waals surface area contributed by atoms with Gasteiger partial charge in [-0.2, -0.15) is 0 Å². The molecule has 3 N–H and O–H groups in total. The standard InChI is InChI=1S/C16H15FN2O/c17-13-6-7-15-12(9-13)10-16(20-15)14(19-18)8-11-4-2-1-3-5-11/h1-7,9-10,14,19H,8,18H2. The lowest BCUT2D eigenvalue weighted by Crippen LogP contribution is -2.29. The summed E-state index contributed by atoms with van der Waals surface area (Å²) in [5.74, 6) is 6.05. The van der Waals surface area contributed by atoms with Crippen LogP contribution in [0.15, 0.2) is 59.0 Å². The van der Waals surface area contributed by atoms with Gasteiger partial charge < -0.3 is 4.42 Å².